The number of anilines is 1. The molecule has 0 spiro atoms. The minimum Gasteiger partial charge on any atom is -0.490 e. The quantitative estimate of drug-likeness (QED) is 0.124. The van der Waals surface area contributed by atoms with Crippen molar-refractivity contribution in [1.29, 1.82) is 0 Å². The molecule has 1 fully saturated rings. The number of hydrogen-bond donors (Lipinski definition) is 1. The number of hydrogen-bond acceptors (Lipinski definition) is 10. The number of esters is 1. The Balaban J connectivity index is 1.33. The molecule has 4 aromatic rings. The van der Waals surface area contributed by atoms with Crippen molar-refractivity contribution < 1.29 is 28.5 Å². The van der Waals surface area contributed by atoms with Gasteiger partial charge in [0.15, 0.2) is 18.1 Å². The third kappa shape index (κ3) is 8.23. The number of aromatic nitrogens is 3. The van der Waals surface area contributed by atoms with E-state index in [1.807, 2.05) is 74.5 Å². The van der Waals surface area contributed by atoms with Crippen molar-refractivity contribution in [2.24, 2.45) is 0 Å². The van der Waals surface area contributed by atoms with Crippen LogP contribution >= 0.6 is 39.3 Å². The highest BCUT2D eigenvalue weighted by Crippen LogP contribution is 2.43. The molecule has 256 valence electrons. The first-order chi connectivity index (χ1) is 23.8. The van der Waals surface area contributed by atoms with E-state index in [0.29, 0.717) is 87.6 Å². The van der Waals surface area contributed by atoms with Crippen molar-refractivity contribution >= 4 is 57.1 Å². The molecule has 2 aliphatic rings. The summed E-state index contributed by atoms with van der Waals surface area (Å²) in [5.41, 5.74) is 3.43. The number of benzene rings is 3. The lowest BCUT2D eigenvalue weighted by molar-refractivity contribution is -0.141. The third-order valence-corrected chi connectivity index (χ3v) is 9.78. The summed E-state index contributed by atoms with van der Waals surface area (Å²) in [7, 11) is 0. The van der Waals surface area contributed by atoms with Gasteiger partial charge in [-0.15, -0.1) is 5.10 Å². The van der Waals surface area contributed by atoms with E-state index >= 15 is 0 Å². The van der Waals surface area contributed by atoms with Crippen molar-refractivity contribution in [2.45, 2.75) is 37.4 Å². The second-order valence-corrected chi connectivity index (χ2v) is 13.4. The summed E-state index contributed by atoms with van der Waals surface area (Å²) in [5.74, 6) is 1.16. The average molecular weight is 769 g/mol. The van der Waals surface area contributed by atoms with Gasteiger partial charge in [-0.1, -0.05) is 71.9 Å². The molecular formula is C35H35BrClN5O6S. The number of carbonyl (C=O) groups excluding carboxylic acids is 2. The second-order valence-electron chi connectivity index (χ2n) is 11.2. The van der Waals surface area contributed by atoms with Crippen molar-refractivity contribution in [3.63, 3.8) is 0 Å². The number of nitrogens with one attached hydrogen (secondary N) is 1. The highest BCUT2D eigenvalue weighted by atomic mass is 79.9. The fourth-order valence-electron chi connectivity index (χ4n) is 5.51. The number of carbonyl (C=O) groups is 2. The van der Waals surface area contributed by atoms with E-state index in [-0.39, 0.29) is 19.1 Å². The third-order valence-electron chi connectivity index (χ3n) is 7.93. The van der Waals surface area contributed by atoms with Crippen LogP contribution in [0.25, 0.3) is 0 Å². The summed E-state index contributed by atoms with van der Waals surface area (Å²) in [6.45, 7) is 5.99. The Bertz CT molecular complexity index is 1850. The fourth-order valence-corrected chi connectivity index (χ4v) is 7.20. The first-order valence-corrected chi connectivity index (χ1v) is 17.9. The van der Waals surface area contributed by atoms with E-state index in [4.69, 9.17) is 40.6 Å². The van der Waals surface area contributed by atoms with Crippen LogP contribution in [0.15, 0.2) is 87.6 Å². The molecule has 1 aromatic heterocycles. The Morgan fingerprint density at radius 2 is 1.84 bits per heavy atom. The highest BCUT2D eigenvalue weighted by molar-refractivity contribution is 9.10. The largest absolute Gasteiger partial charge is 0.490 e. The number of allylic oxidation sites excluding steroid dienone is 1. The lowest BCUT2D eigenvalue weighted by Gasteiger charge is -2.29. The van der Waals surface area contributed by atoms with Gasteiger partial charge in [0.2, 0.25) is 11.1 Å². The Kier molecular flexibility index (Phi) is 11.4. The number of thioether (sulfide) groups is 1. The smallest absolute Gasteiger partial charge is 0.338 e. The van der Waals surface area contributed by atoms with Gasteiger partial charge in [0, 0.05) is 29.6 Å². The van der Waals surface area contributed by atoms with Crippen LogP contribution in [0.1, 0.15) is 36.6 Å². The number of halogens is 2. The summed E-state index contributed by atoms with van der Waals surface area (Å²) < 4.78 is 25.5. The first-order valence-electron chi connectivity index (χ1n) is 15.8. The molecule has 2 aliphatic heterocycles. The van der Waals surface area contributed by atoms with Crippen LogP contribution in [0.2, 0.25) is 5.02 Å². The number of amides is 1. The SMILES string of the molecule is CCOc1cc(C2C(C(=O)OCc3ccccc3)=C(C)Nc3nc(SCc4ccccc4Cl)nn32)cc(Br)c1OCC(=O)N1CCOCC1. The molecule has 0 radical (unpaired) electrons. The summed E-state index contributed by atoms with van der Waals surface area (Å²) in [4.78, 5) is 33.3. The van der Waals surface area contributed by atoms with Crippen LogP contribution < -0.4 is 14.8 Å². The Labute approximate surface area is 302 Å². The van der Waals surface area contributed by atoms with Gasteiger partial charge in [-0.05, 0) is 64.7 Å². The zero-order chi connectivity index (χ0) is 34.3. The molecule has 1 atom stereocenters. The van der Waals surface area contributed by atoms with E-state index in [9.17, 15) is 9.59 Å². The van der Waals surface area contributed by atoms with Crippen molar-refractivity contribution in [3.8, 4) is 11.5 Å². The number of ether oxygens (including phenoxy) is 4. The highest BCUT2D eigenvalue weighted by Gasteiger charge is 2.36. The topological polar surface area (TPSA) is 117 Å². The predicted octanol–water partition coefficient (Wildman–Crippen LogP) is 6.65. The molecule has 3 aromatic carbocycles. The molecule has 3 heterocycles. The maximum atomic E-state index is 13.9. The number of fused-ring (bicyclic) bond motifs is 1. The van der Waals surface area contributed by atoms with Crippen LogP contribution in [-0.2, 0) is 31.4 Å². The average Bonchev–Trinajstić information content (AvgIpc) is 3.52. The Morgan fingerprint density at radius 3 is 2.59 bits per heavy atom. The number of morpholine rings is 1. The molecule has 14 heteroatoms. The minimum absolute atomic E-state index is 0.101. The molecule has 0 aliphatic carbocycles. The van der Waals surface area contributed by atoms with Crippen molar-refractivity contribution in [1.82, 2.24) is 19.7 Å². The summed E-state index contributed by atoms with van der Waals surface area (Å²) in [5, 5.41) is 9.28. The molecule has 1 N–H and O–H groups in total. The standard InChI is InChI=1S/C35H35BrClN5O6S/c1-3-46-28-18-25(17-26(36)32(28)47-20-29(43)41-13-15-45-16-14-41)31-30(33(44)48-19-23-9-5-4-6-10-23)22(2)38-34-39-35(40-42(31)34)49-21-24-11-7-8-12-27(24)37/h4-12,17-18,31H,3,13-16,19-21H2,1-2H3,(H,38,39,40). The normalized spacial score (nSPS) is 15.8. The summed E-state index contributed by atoms with van der Waals surface area (Å²) in [6, 6.07) is 20.0. The van der Waals surface area contributed by atoms with Gasteiger partial charge in [-0.3, -0.25) is 4.79 Å². The van der Waals surface area contributed by atoms with E-state index < -0.39 is 12.0 Å². The monoisotopic (exact) mass is 767 g/mol. The van der Waals surface area contributed by atoms with E-state index in [1.54, 1.807) is 15.6 Å². The molecule has 0 bridgehead atoms. The van der Waals surface area contributed by atoms with Crippen LogP contribution in [0, 0.1) is 0 Å². The van der Waals surface area contributed by atoms with Gasteiger partial charge in [0.1, 0.15) is 12.6 Å². The minimum atomic E-state index is -0.735. The van der Waals surface area contributed by atoms with Crippen molar-refractivity contribution in [2.75, 3.05) is 44.8 Å². The molecular weight excluding hydrogens is 734 g/mol. The summed E-state index contributed by atoms with van der Waals surface area (Å²) in [6.07, 6.45) is 0. The number of rotatable bonds is 12. The van der Waals surface area contributed by atoms with E-state index in [0.717, 1.165) is 11.1 Å². The number of nitrogens with zero attached hydrogens (tertiary/aromatic N) is 4. The zero-order valence-electron chi connectivity index (χ0n) is 27.0. The van der Waals surface area contributed by atoms with Gasteiger partial charge in [-0.2, -0.15) is 4.98 Å². The molecule has 0 saturated carbocycles. The molecule has 1 amide bonds. The Morgan fingerprint density at radius 1 is 1.08 bits per heavy atom. The van der Waals surface area contributed by atoms with Gasteiger partial charge in [0.25, 0.3) is 5.91 Å². The molecule has 6 rings (SSSR count). The zero-order valence-corrected chi connectivity index (χ0v) is 30.1. The van der Waals surface area contributed by atoms with Gasteiger partial charge >= 0.3 is 5.97 Å². The molecule has 1 saturated heterocycles. The van der Waals surface area contributed by atoms with Crippen molar-refractivity contribution in [3.05, 3.63) is 104 Å². The lowest BCUT2D eigenvalue weighted by Crippen LogP contribution is -2.43. The second kappa shape index (κ2) is 16.1. The van der Waals surface area contributed by atoms with Crippen LogP contribution in [-0.4, -0.2) is 71.1 Å². The lowest BCUT2D eigenvalue weighted by atomic mass is 9.95. The molecule has 11 nitrogen and oxygen atoms in total. The molecule has 49 heavy (non-hydrogen) atoms. The first kappa shape index (κ1) is 34.8. The van der Waals surface area contributed by atoms with Crippen LogP contribution in [0.3, 0.4) is 0 Å². The van der Waals surface area contributed by atoms with Gasteiger partial charge < -0.3 is 29.2 Å². The van der Waals surface area contributed by atoms with Gasteiger partial charge in [0.05, 0.1) is 29.9 Å². The maximum absolute atomic E-state index is 13.9. The van der Waals surface area contributed by atoms with Crippen LogP contribution in [0.4, 0.5) is 5.95 Å². The predicted molar refractivity (Wildman–Crippen MR) is 190 cm³/mol. The van der Waals surface area contributed by atoms with Gasteiger partial charge in [-0.25, -0.2) is 9.48 Å². The maximum Gasteiger partial charge on any atom is 0.338 e. The van der Waals surface area contributed by atoms with E-state index in [1.165, 1.54) is 11.8 Å². The Hall–Kier alpha value is -4.04. The summed E-state index contributed by atoms with van der Waals surface area (Å²) >= 11 is 11.5. The fraction of sp³-hybridized carbons (Fsp3) is 0.314. The molecule has 1 unspecified atom stereocenters. The van der Waals surface area contributed by atoms with Crippen LogP contribution in [0.5, 0.6) is 11.5 Å². The van der Waals surface area contributed by atoms with E-state index in [2.05, 4.69) is 21.2 Å².